The minimum Gasteiger partial charge on any atom is -0.391 e. The number of piperidine rings is 1. The first-order chi connectivity index (χ1) is 12.1. The molecule has 2 unspecified atom stereocenters. The van der Waals surface area contributed by atoms with Crippen molar-refractivity contribution in [2.24, 2.45) is 5.92 Å². The number of β-amino-alcohol motifs (C(OH)–C–C–N with tert-alkyl or cyclic N) is 1. The fraction of sp³-hybridized carbons (Fsp3) is 0.400. The van der Waals surface area contributed by atoms with E-state index in [0.29, 0.717) is 19.6 Å². The molecule has 2 fully saturated rings. The van der Waals surface area contributed by atoms with Gasteiger partial charge in [-0.3, -0.25) is 9.59 Å². The molecule has 0 bridgehead atoms. The molecule has 0 radical (unpaired) electrons. The number of carbonyl (C=O) groups excluding carboxylic acids is 2. The normalized spacial score (nSPS) is 24.1. The minimum absolute atomic E-state index is 0.00478. The molecule has 2 saturated heterocycles. The Bertz CT molecular complexity index is 814. The number of hydrogen-bond acceptors (Lipinski definition) is 3. The van der Waals surface area contributed by atoms with Gasteiger partial charge in [0, 0.05) is 31.4 Å². The van der Waals surface area contributed by atoms with Crippen molar-refractivity contribution in [1.82, 2.24) is 4.90 Å². The summed E-state index contributed by atoms with van der Waals surface area (Å²) in [7, 11) is 0. The van der Waals surface area contributed by atoms with Crippen LogP contribution in [0, 0.1) is 5.92 Å². The largest absolute Gasteiger partial charge is 0.391 e. The third kappa shape index (κ3) is 3.00. The van der Waals surface area contributed by atoms with Gasteiger partial charge >= 0.3 is 0 Å². The van der Waals surface area contributed by atoms with Crippen molar-refractivity contribution in [3.05, 3.63) is 42.5 Å². The maximum atomic E-state index is 12.8. The molecule has 2 aromatic rings. The molecule has 2 atom stereocenters. The number of amides is 2. The smallest absolute Gasteiger partial charge is 0.228 e. The van der Waals surface area contributed by atoms with Crippen LogP contribution in [0.2, 0.25) is 0 Å². The van der Waals surface area contributed by atoms with Crippen LogP contribution >= 0.6 is 0 Å². The summed E-state index contributed by atoms with van der Waals surface area (Å²) >= 11 is 0. The second-order valence-corrected chi connectivity index (χ2v) is 6.98. The molecule has 2 amide bonds. The van der Waals surface area contributed by atoms with Gasteiger partial charge in [-0.1, -0.05) is 36.4 Å². The highest BCUT2D eigenvalue weighted by Gasteiger charge is 2.38. The molecule has 4 rings (SSSR count). The average Bonchev–Trinajstić information content (AvgIpc) is 3.02. The van der Waals surface area contributed by atoms with Gasteiger partial charge < -0.3 is 14.9 Å². The van der Waals surface area contributed by atoms with Gasteiger partial charge in [0.15, 0.2) is 0 Å². The third-order valence-electron chi connectivity index (χ3n) is 5.24. The van der Waals surface area contributed by atoms with Crippen molar-refractivity contribution in [3.8, 4) is 0 Å². The SMILES string of the molecule is O=C(C1CC(=O)N(c2cccc3ccccc23)C1)N1CCCC(O)C1. The van der Waals surface area contributed by atoms with Gasteiger partial charge in [0.2, 0.25) is 11.8 Å². The lowest BCUT2D eigenvalue weighted by Gasteiger charge is -2.31. The number of rotatable bonds is 2. The van der Waals surface area contributed by atoms with E-state index in [1.54, 1.807) is 9.80 Å². The Morgan fingerprint density at radius 3 is 2.72 bits per heavy atom. The maximum Gasteiger partial charge on any atom is 0.228 e. The predicted molar refractivity (Wildman–Crippen MR) is 96.2 cm³/mol. The number of benzene rings is 2. The maximum absolute atomic E-state index is 12.8. The summed E-state index contributed by atoms with van der Waals surface area (Å²) in [6, 6.07) is 13.9. The Kier molecular flexibility index (Phi) is 4.17. The number of hydrogen-bond donors (Lipinski definition) is 1. The number of aliphatic hydroxyl groups excluding tert-OH is 1. The molecule has 2 aliphatic rings. The molecule has 0 spiro atoms. The number of carbonyl (C=O) groups is 2. The van der Waals surface area contributed by atoms with Crippen molar-refractivity contribution < 1.29 is 14.7 Å². The Morgan fingerprint density at radius 2 is 1.88 bits per heavy atom. The number of anilines is 1. The fourth-order valence-electron chi connectivity index (χ4n) is 3.96. The van der Waals surface area contributed by atoms with E-state index in [2.05, 4.69) is 0 Å². The summed E-state index contributed by atoms with van der Waals surface area (Å²) in [6.45, 7) is 1.48. The summed E-state index contributed by atoms with van der Waals surface area (Å²) in [5.41, 5.74) is 0.872. The number of likely N-dealkylation sites (tertiary alicyclic amines) is 1. The Morgan fingerprint density at radius 1 is 1.08 bits per heavy atom. The zero-order chi connectivity index (χ0) is 17.4. The molecule has 5 heteroatoms. The lowest BCUT2D eigenvalue weighted by atomic mass is 10.0. The highest BCUT2D eigenvalue weighted by Crippen LogP contribution is 2.32. The molecule has 25 heavy (non-hydrogen) atoms. The van der Waals surface area contributed by atoms with Crippen LogP contribution in [0.3, 0.4) is 0 Å². The lowest BCUT2D eigenvalue weighted by molar-refractivity contribution is -0.138. The molecular formula is C20H22N2O3. The first-order valence-electron chi connectivity index (χ1n) is 8.88. The summed E-state index contributed by atoms with van der Waals surface area (Å²) in [4.78, 5) is 28.8. The van der Waals surface area contributed by atoms with Crippen LogP contribution in [0.1, 0.15) is 19.3 Å². The highest BCUT2D eigenvalue weighted by molar-refractivity contribution is 6.07. The Labute approximate surface area is 146 Å². The van der Waals surface area contributed by atoms with Crippen molar-refractivity contribution in [2.75, 3.05) is 24.5 Å². The minimum atomic E-state index is -0.441. The van der Waals surface area contributed by atoms with Gasteiger partial charge in [0.25, 0.3) is 0 Å². The van der Waals surface area contributed by atoms with Gasteiger partial charge in [-0.15, -0.1) is 0 Å². The first-order valence-corrected chi connectivity index (χ1v) is 8.88. The van der Waals surface area contributed by atoms with Crippen molar-refractivity contribution in [2.45, 2.75) is 25.4 Å². The Balaban J connectivity index is 1.57. The van der Waals surface area contributed by atoms with Crippen LogP contribution < -0.4 is 4.90 Å². The van der Waals surface area contributed by atoms with E-state index >= 15 is 0 Å². The standard InChI is InChI=1S/C20H22N2O3/c23-16-7-4-10-21(13-16)20(25)15-11-19(24)22(12-15)18-9-3-6-14-5-1-2-8-17(14)18/h1-3,5-6,8-9,15-16,23H,4,7,10-13H2. The summed E-state index contributed by atoms with van der Waals surface area (Å²) in [6.07, 6.45) is 1.37. The highest BCUT2D eigenvalue weighted by atomic mass is 16.3. The van der Waals surface area contributed by atoms with E-state index in [4.69, 9.17) is 0 Å². The molecule has 2 aliphatic heterocycles. The van der Waals surface area contributed by atoms with E-state index < -0.39 is 6.10 Å². The van der Waals surface area contributed by atoms with Gasteiger partial charge in [0.1, 0.15) is 0 Å². The summed E-state index contributed by atoms with van der Waals surface area (Å²) in [5.74, 6) is -0.334. The van der Waals surface area contributed by atoms with Crippen LogP contribution in [-0.2, 0) is 9.59 Å². The molecule has 5 nitrogen and oxygen atoms in total. The topological polar surface area (TPSA) is 60.9 Å². The lowest BCUT2D eigenvalue weighted by Crippen LogP contribution is -2.45. The second kappa shape index (κ2) is 6.48. The zero-order valence-corrected chi connectivity index (χ0v) is 14.1. The molecule has 1 N–H and O–H groups in total. The monoisotopic (exact) mass is 338 g/mol. The molecule has 2 aromatic carbocycles. The molecule has 0 saturated carbocycles. The summed E-state index contributed by atoms with van der Waals surface area (Å²) in [5, 5.41) is 11.9. The quantitative estimate of drug-likeness (QED) is 0.913. The van der Waals surface area contributed by atoms with E-state index in [-0.39, 0.29) is 24.2 Å². The van der Waals surface area contributed by atoms with Crippen LogP contribution in [0.25, 0.3) is 10.8 Å². The van der Waals surface area contributed by atoms with E-state index in [1.165, 1.54) is 0 Å². The van der Waals surface area contributed by atoms with E-state index in [1.807, 2.05) is 42.5 Å². The predicted octanol–water partition coefficient (Wildman–Crippen LogP) is 2.18. The summed E-state index contributed by atoms with van der Waals surface area (Å²) < 4.78 is 0. The van der Waals surface area contributed by atoms with Gasteiger partial charge in [-0.2, -0.15) is 0 Å². The van der Waals surface area contributed by atoms with Crippen molar-refractivity contribution in [3.63, 3.8) is 0 Å². The molecule has 0 aromatic heterocycles. The van der Waals surface area contributed by atoms with Crippen LogP contribution in [0.5, 0.6) is 0 Å². The molecule has 130 valence electrons. The van der Waals surface area contributed by atoms with Crippen molar-refractivity contribution >= 4 is 28.3 Å². The second-order valence-electron chi connectivity index (χ2n) is 6.98. The van der Waals surface area contributed by atoms with Gasteiger partial charge in [-0.05, 0) is 24.3 Å². The van der Waals surface area contributed by atoms with E-state index in [0.717, 1.165) is 29.3 Å². The Hall–Kier alpha value is -2.40. The van der Waals surface area contributed by atoms with Crippen LogP contribution in [0.4, 0.5) is 5.69 Å². The molecular weight excluding hydrogens is 316 g/mol. The molecule has 2 heterocycles. The average molecular weight is 338 g/mol. The fourth-order valence-corrected chi connectivity index (χ4v) is 3.96. The van der Waals surface area contributed by atoms with Crippen LogP contribution in [-0.4, -0.2) is 47.6 Å². The zero-order valence-electron chi connectivity index (χ0n) is 14.1. The third-order valence-corrected chi connectivity index (χ3v) is 5.24. The van der Waals surface area contributed by atoms with Crippen LogP contribution in [0.15, 0.2) is 42.5 Å². The number of fused-ring (bicyclic) bond motifs is 1. The van der Waals surface area contributed by atoms with Crippen molar-refractivity contribution in [1.29, 1.82) is 0 Å². The number of aliphatic hydroxyl groups is 1. The van der Waals surface area contributed by atoms with Gasteiger partial charge in [-0.25, -0.2) is 0 Å². The van der Waals surface area contributed by atoms with E-state index in [9.17, 15) is 14.7 Å². The number of nitrogens with zero attached hydrogens (tertiary/aromatic N) is 2. The first kappa shape index (κ1) is 16.1. The molecule has 0 aliphatic carbocycles. The van der Waals surface area contributed by atoms with Gasteiger partial charge in [0.05, 0.1) is 17.7 Å².